The van der Waals surface area contributed by atoms with Gasteiger partial charge in [0.1, 0.15) is 17.6 Å². The number of nitrogens with zero attached hydrogens (tertiary/aromatic N) is 1. The second-order valence-corrected chi connectivity index (χ2v) is 9.27. The van der Waals surface area contributed by atoms with Gasteiger partial charge in [-0.1, -0.05) is 54.6 Å². The highest BCUT2D eigenvalue weighted by Crippen LogP contribution is 2.32. The molecule has 3 aromatic rings. The lowest BCUT2D eigenvalue weighted by atomic mass is 9.84. The Hall–Kier alpha value is -3.59. The number of likely N-dealkylation sites (tertiary alicyclic amines) is 1. The van der Waals surface area contributed by atoms with Crippen molar-refractivity contribution in [3.8, 4) is 11.5 Å². The molecule has 8 nitrogen and oxygen atoms in total. The van der Waals surface area contributed by atoms with E-state index in [1.165, 1.54) is 0 Å². The van der Waals surface area contributed by atoms with Crippen LogP contribution in [0.2, 0.25) is 0 Å². The van der Waals surface area contributed by atoms with E-state index >= 15 is 0 Å². The molecule has 0 saturated carbocycles. The van der Waals surface area contributed by atoms with Gasteiger partial charge < -0.3 is 38.9 Å². The molecule has 0 aromatic heterocycles. The molecule has 202 valence electrons. The third-order valence-electron chi connectivity index (χ3n) is 6.58. The van der Waals surface area contributed by atoms with E-state index in [9.17, 15) is 15.0 Å². The number of carbonyl (C=O) groups is 1. The summed E-state index contributed by atoms with van der Waals surface area (Å²) in [5, 5.41) is 22.4. The van der Waals surface area contributed by atoms with Gasteiger partial charge in [0.05, 0.1) is 45.7 Å². The van der Waals surface area contributed by atoms with Crippen LogP contribution in [0.15, 0.2) is 78.9 Å². The maximum atomic E-state index is 11.5. The molecule has 0 bridgehead atoms. The van der Waals surface area contributed by atoms with E-state index in [4.69, 9.17) is 18.9 Å². The smallest absolute Gasteiger partial charge is 0.137 e. The van der Waals surface area contributed by atoms with Crippen molar-refractivity contribution in [1.82, 2.24) is 4.90 Å². The minimum absolute atomic E-state index is 0.0311. The van der Waals surface area contributed by atoms with Crippen molar-refractivity contribution in [3.05, 3.63) is 95.6 Å². The topological polar surface area (TPSA) is 101 Å². The first-order valence-electron chi connectivity index (χ1n) is 12.8. The standard InChI is InChI=1S/C30H35NO7/c1-35-25-12-8-23(9-13-25)21-38-28-19-31(30(33)34)18-27(32)29(28)24-10-14-26(15-11-24)37-17-5-16-36-20-22-6-3-2-4-7-22/h2-4,6-15,27-29,32H,5,16-21H2,1H3,(H,33,34)/p-1. The van der Waals surface area contributed by atoms with Gasteiger partial charge in [-0.25, -0.2) is 0 Å². The number of carbonyl (C=O) groups excluding carboxylic acids is 1. The number of hydrogen-bond donors (Lipinski definition) is 1. The van der Waals surface area contributed by atoms with E-state index in [1.54, 1.807) is 7.11 Å². The van der Waals surface area contributed by atoms with E-state index in [0.29, 0.717) is 25.6 Å². The molecule has 1 amide bonds. The third-order valence-corrected chi connectivity index (χ3v) is 6.58. The Kier molecular flexibility index (Phi) is 9.97. The zero-order chi connectivity index (χ0) is 26.7. The van der Waals surface area contributed by atoms with Crippen LogP contribution < -0.4 is 14.6 Å². The zero-order valence-corrected chi connectivity index (χ0v) is 21.5. The number of β-amino-alcohol motifs (C(OH)–C–C–N with tert-alkyl or cyclic N) is 1. The van der Waals surface area contributed by atoms with E-state index in [2.05, 4.69) is 0 Å². The number of ether oxygens (including phenoxy) is 4. The zero-order valence-electron chi connectivity index (χ0n) is 21.5. The molecule has 1 fully saturated rings. The molecule has 3 aromatic carbocycles. The van der Waals surface area contributed by atoms with Gasteiger partial charge in [-0.05, 0) is 41.0 Å². The Morgan fingerprint density at radius 1 is 0.895 bits per heavy atom. The molecule has 0 spiro atoms. The fourth-order valence-corrected chi connectivity index (χ4v) is 4.56. The second-order valence-electron chi connectivity index (χ2n) is 9.27. The predicted molar refractivity (Wildman–Crippen MR) is 140 cm³/mol. The van der Waals surface area contributed by atoms with Gasteiger partial charge in [0.15, 0.2) is 0 Å². The number of piperidine rings is 1. The summed E-state index contributed by atoms with van der Waals surface area (Å²) in [6, 6.07) is 25.0. The first-order valence-corrected chi connectivity index (χ1v) is 12.8. The highest BCUT2D eigenvalue weighted by Gasteiger charge is 2.38. The predicted octanol–water partition coefficient (Wildman–Crippen LogP) is 3.37. The van der Waals surface area contributed by atoms with Crippen molar-refractivity contribution in [1.29, 1.82) is 0 Å². The summed E-state index contributed by atoms with van der Waals surface area (Å²) >= 11 is 0. The molecule has 1 aliphatic rings. The van der Waals surface area contributed by atoms with Crippen LogP contribution in [0.25, 0.3) is 0 Å². The van der Waals surface area contributed by atoms with Crippen LogP contribution in [0.3, 0.4) is 0 Å². The van der Waals surface area contributed by atoms with Crippen LogP contribution in [-0.4, -0.2) is 61.7 Å². The van der Waals surface area contributed by atoms with Crippen molar-refractivity contribution >= 4 is 6.09 Å². The van der Waals surface area contributed by atoms with Crippen molar-refractivity contribution in [3.63, 3.8) is 0 Å². The molecule has 1 heterocycles. The third kappa shape index (κ3) is 7.71. The quantitative estimate of drug-likeness (QED) is 0.366. The highest BCUT2D eigenvalue weighted by atomic mass is 16.5. The van der Waals surface area contributed by atoms with Crippen molar-refractivity contribution in [2.75, 3.05) is 33.4 Å². The normalized spacial score (nSPS) is 19.2. The molecule has 38 heavy (non-hydrogen) atoms. The molecule has 1 N–H and O–H groups in total. The largest absolute Gasteiger partial charge is 0.530 e. The molecule has 1 saturated heterocycles. The first kappa shape index (κ1) is 27.4. The summed E-state index contributed by atoms with van der Waals surface area (Å²) in [4.78, 5) is 12.6. The number of amides is 1. The molecule has 3 unspecified atom stereocenters. The number of aliphatic hydroxyl groups is 1. The van der Waals surface area contributed by atoms with Crippen LogP contribution >= 0.6 is 0 Å². The lowest BCUT2D eigenvalue weighted by molar-refractivity contribution is -0.270. The van der Waals surface area contributed by atoms with E-state index in [0.717, 1.165) is 33.8 Å². The van der Waals surface area contributed by atoms with Gasteiger partial charge in [0.25, 0.3) is 0 Å². The molecule has 0 radical (unpaired) electrons. The van der Waals surface area contributed by atoms with Gasteiger partial charge in [-0.2, -0.15) is 0 Å². The number of benzene rings is 3. The fourth-order valence-electron chi connectivity index (χ4n) is 4.56. The summed E-state index contributed by atoms with van der Waals surface area (Å²) in [7, 11) is 1.60. The second kappa shape index (κ2) is 13.8. The van der Waals surface area contributed by atoms with Crippen molar-refractivity contribution < 1.29 is 34.0 Å². The Balaban J connectivity index is 1.31. The van der Waals surface area contributed by atoms with Gasteiger partial charge in [0.2, 0.25) is 0 Å². The Bertz CT molecular complexity index is 1120. The maximum Gasteiger partial charge on any atom is 0.137 e. The lowest BCUT2D eigenvalue weighted by Gasteiger charge is -2.43. The number of carboxylic acid groups (broad SMARTS) is 1. The minimum atomic E-state index is -1.32. The van der Waals surface area contributed by atoms with Crippen molar-refractivity contribution in [2.45, 2.75) is 37.8 Å². The molecule has 3 atom stereocenters. The molecule has 4 rings (SSSR count). The number of rotatable bonds is 12. The molecule has 1 aliphatic heterocycles. The number of methoxy groups -OCH3 is 1. The van der Waals surface area contributed by atoms with Gasteiger partial charge in [-0.15, -0.1) is 0 Å². The van der Waals surface area contributed by atoms with E-state index in [-0.39, 0.29) is 19.7 Å². The molecular formula is C30H34NO7-. The van der Waals surface area contributed by atoms with Gasteiger partial charge in [0, 0.05) is 25.4 Å². The average Bonchev–Trinajstić information content (AvgIpc) is 2.94. The average molecular weight is 521 g/mol. The van der Waals surface area contributed by atoms with Gasteiger partial charge >= 0.3 is 0 Å². The van der Waals surface area contributed by atoms with Crippen LogP contribution in [-0.2, 0) is 22.7 Å². The molecule has 8 heteroatoms. The lowest BCUT2D eigenvalue weighted by Crippen LogP contribution is -2.56. The summed E-state index contributed by atoms with van der Waals surface area (Å²) in [6.45, 7) is 2.05. The van der Waals surface area contributed by atoms with E-state index < -0.39 is 24.2 Å². The Morgan fingerprint density at radius 3 is 2.26 bits per heavy atom. The van der Waals surface area contributed by atoms with E-state index in [1.807, 2.05) is 78.9 Å². The Labute approximate surface area is 223 Å². The van der Waals surface area contributed by atoms with Crippen LogP contribution in [0.1, 0.15) is 29.0 Å². The number of hydrogen-bond acceptors (Lipinski definition) is 7. The summed E-state index contributed by atoms with van der Waals surface area (Å²) in [6.07, 6.45) is -2.05. The van der Waals surface area contributed by atoms with Crippen LogP contribution in [0.4, 0.5) is 4.79 Å². The fraction of sp³-hybridized carbons (Fsp3) is 0.367. The maximum absolute atomic E-state index is 11.5. The first-order chi connectivity index (χ1) is 18.5. The van der Waals surface area contributed by atoms with Crippen molar-refractivity contribution in [2.24, 2.45) is 0 Å². The van der Waals surface area contributed by atoms with Gasteiger partial charge in [-0.3, -0.25) is 0 Å². The van der Waals surface area contributed by atoms with Crippen LogP contribution in [0.5, 0.6) is 11.5 Å². The highest BCUT2D eigenvalue weighted by molar-refractivity contribution is 5.63. The summed E-state index contributed by atoms with van der Waals surface area (Å²) < 4.78 is 22.9. The van der Waals surface area contributed by atoms with Crippen LogP contribution in [0, 0.1) is 0 Å². The Morgan fingerprint density at radius 2 is 1.58 bits per heavy atom. The summed E-state index contributed by atoms with van der Waals surface area (Å²) in [5.74, 6) is 1.06. The SMILES string of the molecule is COc1ccc(COC2CN(C(=O)[O-])CC(O)C2c2ccc(OCCCOCc3ccccc3)cc2)cc1. The minimum Gasteiger partial charge on any atom is -0.530 e. The molecule has 0 aliphatic carbocycles. The molecular weight excluding hydrogens is 486 g/mol. The summed E-state index contributed by atoms with van der Waals surface area (Å²) in [5.41, 5.74) is 2.91. The monoisotopic (exact) mass is 520 g/mol. The number of aliphatic hydroxyl groups excluding tert-OH is 1.